The Morgan fingerprint density at radius 1 is 1.42 bits per heavy atom. The number of aryl methyl sites for hydroxylation is 2. The van der Waals surface area contributed by atoms with Gasteiger partial charge in [0.25, 0.3) is 0 Å². The van der Waals surface area contributed by atoms with Crippen LogP contribution < -0.4 is 4.74 Å². The normalized spacial score (nSPS) is 20.1. The Morgan fingerprint density at radius 3 is 2.92 bits per heavy atom. The Kier molecular flexibility index (Phi) is 5.90. The number of aliphatic carboxylic acids is 1. The minimum Gasteiger partial charge on any atom is -0.487 e. The molecule has 0 spiro atoms. The predicted octanol–water partition coefficient (Wildman–Crippen LogP) is 3.36. The summed E-state index contributed by atoms with van der Waals surface area (Å²) in [6.07, 6.45) is 7.08. The Morgan fingerprint density at radius 2 is 2.23 bits per heavy atom. The lowest BCUT2D eigenvalue weighted by atomic mass is 9.87. The summed E-state index contributed by atoms with van der Waals surface area (Å²) < 4.78 is 7.90. The fraction of sp³-hybridized carbons (Fsp3) is 0.556. The quantitative estimate of drug-likeness (QED) is 0.717. The van der Waals surface area contributed by atoms with Crippen molar-refractivity contribution in [3.05, 3.63) is 23.8 Å². The lowest BCUT2D eigenvalue weighted by molar-refractivity contribution is -0.143. The molecule has 3 rings (SSSR count). The summed E-state index contributed by atoms with van der Waals surface area (Å²) in [5.74, 6) is 0.218. The van der Waals surface area contributed by atoms with Crippen LogP contribution in [0.1, 0.15) is 44.0 Å². The standard InChI is InChI=1S/C18H23BrN4O3/c1-3-14-16(26-12-6-4-5-11(7-12)18(24)25)10-20-17(22-14)13-9-21-23(2)15(13)8-19/h9-12H,3-8H2,1-2H3,(H,24,25)/t11-,12-/m0/s1. The Bertz CT molecular complexity index is 793. The highest BCUT2D eigenvalue weighted by Gasteiger charge is 2.28. The summed E-state index contributed by atoms with van der Waals surface area (Å²) in [5, 5.41) is 14.2. The van der Waals surface area contributed by atoms with E-state index in [0.29, 0.717) is 29.7 Å². The molecule has 1 fully saturated rings. The molecule has 7 nitrogen and oxygen atoms in total. The minimum atomic E-state index is -0.737. The second kappa shape index (κ2) is 8.16. The molecule has 2 aromatic heterocycles. The molecule has 0 aliphatic heterocycles. The van der Waals surface area contributed by atoms with Crippen molar-refractivity contribution in [2.24, 2.45) is 13.0 Å². The van der Waals surface area contributed by atoms with Gasteiger partial charge in [0.15, 0.2) is 11.6 Å². The Labute approximate surface area is 160 Å². The van der Waals surface area contributed by atoms with Gasteiger partial charge in [-0.05, 0) is 32.1 Å². The number of carboxylic acid groups (broad SMARTS) is 1. The average Bonchev–Trinajstić information content (AvgIpc) is 3.02. The first kappa shape index (κ1) is 18.8. The second-order valence-electron chi connectivity index (χ2n) is 6.56. The van der Waals surface area contributed by atoms with Crippen molar-refractivity contribution in [2.75, 3.05) is 0 Å². The van der Waals surface area contributed by atoms with Crippen molar-refractivity contribution in [2.45, 2.75) is 50.5 Å². The highest BCUT2D eigenvalue weighted by atomic mass is 79.9. The molecule has 2 heterocycles. The number of hydrogen-bond acceptors (Lipinski definition) is 5. The zero-order valence-corrected chi connectivity index (χ0v) is 16.6. The van der Waals surface area contributed by atoms with Gasteiger partial charge in [0.2, 0.25) is 0 Å². The van der Waals surface area contributed by atoms with Gasteiger partial charge >= 0.3 is 5.97 Å². The third-order valence-corrected chi connectivity index (χ3v) is 5.39. The van der Waals surface area contributed by atoms with Crippen LogP contribution in [0.25, 0.3) is 11.4 Å². The highest BCUT2D eigenvalue weighted by Crippen LogP contribution is 2.30. The van der Waals surface area contributed by atoms with Crippen LogP contribution in [0.3, 0.4) is 0 Å². The summed E-state index contributed by atoms with van der Waals surface area (Å²) in [6, 6.07) is 0. The molecule has 1 aliphatic carbocycles. The van der Waals surface area contributed by atoms with Crippen LogP contribution in [0.5, 0.6) is 5.75 Å². The summed E-state index contributed by atoms with van der Waals surface area (Å²) >= 11 is 3.48. The maximum atomic E-state index is 11.2. The average molecular weight is 423 g/mol. The molecule has 0 saturated heterocycles. The van der Waals surface area contributed by atoms with E-state index in [9.17, 15) is 9.90 Å². The monoisotopic (exact) mass is 422 g/mol. The van der Waals surface area contributed by atoms with Gasteiger partial charge in [0.05, 0.1) is 41.4 Å². The van der Waals surface area contributed by atoms with Crippen LogP contribution in [0.4, 0.5) is 0 Å². The van der Waals surface area contributed by atoms with E-state index in [0.717, 1.165) is 36.2 Å². The van der Waals surface area contributed by atoms with E-state index < -0.39 is 5.97 Å². The molecule has 2 aromatic rings. The van der Waals surface area contributed by atoms with Crippen molar-refractivity contribution < 1.29 is 14.6 Å². The van der Waals surface area contributed by atoms with Gasteiger partial charge < -0.3 is 9.84 Å². The van der Waals surface area contributed by atoms with Crippen LogP contribution >= 0.6 is 15.9 Å². The highest BCUT2D eigenvalue weighted by molar-refractivity contribution is 9.08. The van der Waals surface area contributed by atoms with Crippen molar-refractivity contribution in [3.8, 4) is 17.1 Å². The number of alkyl halides is 1. The summed E-state index contributed by atoms with van der Waals surface area (Å²) in [4.78, 5) is 20.4. The molecule has 1 saturated carbocycles. The fourth-order valence-electron chi connectivity index (χ4n) is 3.35. The SMILES string of the molecule is CCc1nc(-c2cnn(C)c2CBr)ncc1O[C@H]1CCC[C@H](C(=O)O)C1. The van der Waals surface area contributed by atoms with Crippen LogP contribution in [-0.4, -0.2) is 36.9 Å². The number of halogens is 1. The Hall–Kier alpha value is -1.96. The van der Waals surface area contributed by atoms with E-state index in [2.05, 4.69) is 31.0 Å². The van der Waals surface area contributed by atoms with Crippen LogP contribution in [0.15, 0.2) is 12.4 Å². The first-order valence-electron chi connectivity index (χ1n) is 8.86. The van der Waals surface area contributed by atoms with E-state index in [1.807, 2.05) is 14.0 Å². The summed E-state index contributed by atoms with van der Waals surface area (Å²) in [6.45, 7) is 2.02. The minimum absolute atomic E-state index is 0.0962. The predicted molar refractivity (Wildman–Crippen MR) is 100 cm³/mol. The number of carbonyl (C=O) groups is 1. The molecular formula is C18H23BrN4O3. The number of nitrogens with zero attached hydrogens (tertiary/aromatic N) is 4. The van der Waals surface area contributed by atoms with Gasteiger partial charge in [-0.25, -0.2) is 9.97 Å². The first-order chi connectivity index (χ1) is 12.5. The van der Waals surface area contributed by atoms with E-state index >= 15 is 0 Å². The largest absolute Gasteiger partial charge is 0.487 e. The van der Waals surface area contributed by atoms with Crippen molar-refractivity contribution >= 4 is 21.9 Å². The molecule has 0 bridgehead atoms. The number of carboxylic acids is 1. The molecule has 0 aromatic carbocycles. The first-order valence-corrected chi connectivity index (χ1v) is 9.98. The maximum absolute atomic E-state index is 11.2. The molecule has 2 atom stereocenters. The summed E-state index contributed by atoms with van der Waals surface area (Å²) in [5.41, 5.74) is 2.74. The van der Waals surface area contributed by atoms with Gasteiger partial charge in [-0.3, -0.25) is 9.48 Å². The van der Waals surface area contributed by atoms with Crippen molar-refractivity contribution in [1.29, 1.82) is 0 Å². The molecule has 140 valence electrons. The van der Waals surface area contributed by atoms with Gasteiger partial charge in [-0.15, -0.1) is 0 Å². The zero-order chi connectivity index (χ0) is 18.7. The molecule has 26 heavy (non-hydrogen) atoms. The fourth-order valence-corrected chi connectivity index (χ4v) is 4.02. The van der Waals surface area contributed by atoms with E-state index in [1.54, 1.807) is 17.1 Å². The number of aromatic nitrogens is 4. The molecule has 0 unspecified atom stereocenters. The van der Waals surface area contributed by atoms with E-state index in [-0.39, 0.29) is 12.0 Å². The van der Waals surface area contributed by atoms with E-state index in [1.165, 1.54) is 0 Å². The number of rotatable bonds is 6. The molecule has 0 radical (unpaired) electrons. The molecule has 0 amide bonds. The van der Waals surface area contributed by atoms with Crippen molar-refractivity contribution in [1.82, 2.24) is 19.7 Å². The third kappa shape index (κ3) is 3.90. The van der Waals surface area contributed by atoms with Crippen LogP contribution in [-0.2, 0) is 23.6 Å². The molecule has 1 aliphatic rings. The van der Waals surface area contributed by atoms with Gasteiger partial charge in [0.1, 0.15) is 0 Å². The summed E-state index contributed by atoms with van der Waals surface area (Å²) in [7, 11) is 1.89. The number of hydrogen-bond donors (Lipinski definition) is 1. The molecule has 1 N–H and O–H groups in total. The number of ether oxygens (including phenoxy) is 1. The maximum Gasteiger partial charge on any atom is 0.306 e. The van der Waals surface area contributed by atoms with Crippen LogP contribution in [0, 0.1) is 5.92 Å². The lowest BCUT2D eigenvalue weighted by Crippen LogP contribution is -2.29. The molecular weight excluding hydrogens is 400 g/mol. The van der Waals surface area contributed by atoms with E-state index in [4.69, 9.17) is 4.74 Å². The third-order valence-electron chi connectivity index (χ3n) is 4.86. The van der Waals surface area contributed by atoms with Gasteiger partial charge in [-0.2, -0.15) is 5.10 Å². The molecule has 8 heteroatoms. The van der Waals surface area contributed by atoms with Crippen LogP contribution in [0.2, 0.25) is 0 Å². The second-order valence-corrected chi connectivity index (χ2v) is 7.12. The lowest BCUT2D eigenvalue weighted by Gasteiger charge is -2.27. The zero-order valence-electron chi connectivity index (χ0n) is 15.0. The van der Waals surface area contributed by atoms with Crippen molar-refractivity contribution in [3.63, 3.8) is 0 Å². The topological polar surface area (TPSA) is 90.1 Å². The van der Waals surface area contributed by atoms with Gasteiger partial charge in [0, 0.05) is 12.4 Å². The Balaban J connectivity index is 1.82. The van der Waals surface area contributed by atoms with Gasteiger partial charge in [-0.1, -0.05) is 22.9 Å². The smallest absolute Gasteiger partial charge is 0.306 e.